The Balaban J connectivity index is 3.15. The van der Waals surface area contributed by atoms with E-state index in [2.05, 4.69) is 20.6 Å². The molecule has 1 amide bonds. The van der Waals surface area contributed by atoms with E-state index in [0.29, 0.717) is 6.07 Å². The number of amides is 1. The van der Waals surface area contributed by atoms with E-state index >= 15 is 0 Å². The van der Waals surface area contributed by atoms with Crippen molar-refractivity contribution < 1.29 is 27.5 Å². The number of anilines is 1. The van der Waals surface area contributed by atoms with E-state index in [-0.39, 0.29) is 12.2 Å². The van der Waals surface area contributed by atoms with E-state index in [1.165, 1.54) is 0 Å². The summed E-state index contributed by atoms with van der Waals surface area (Å²) in [7, 11) is 0. The molecule has 0 aliphatic heterocycles. The molecule has 6 nitrogen and oxygen atoms in total. The number of hydrazine groups is 1. The zero-order valence-electron chi connectivity index (χ0n) is 10.7. The third-order valence-electron chi connectivity index (χ3n) is 2.04. The summed E-state index contributed by atoms with van der Waals surface area (Å²) in [6, 6.07) is 1.59. The van der Waals surface area contributed by atoms with Gasteiger partial charge in [-0.25, -0.2) is 9.78 Å². The average molecular weight is 291 g/mol. The molecule has 0 saturated carbocycles. The predicted octanol–water partition coefficient (Wildman–Crippen LogP) is 1.74. The highest BCUT2D eigenvalue weighted by molar-refractivity contribution is 5.95. The van der Waals surface area contributed by atoms with Gasteiger partial charge in [-0.15, -0.1) is 0 Å². The normalized spacial score (nSPS) is 10.8. The fraction of sp³-hybridized carbons (Fsp3) is 0.364. The molecular formula is C11H12F3N3O3. The quantitative estimate of drug-likeness (QED) is 0.652. The standard InChI is InChI=1S/C11H12F3N3O3/c1-3-20-10(19)7-4-5-8(11(12,13)14)15-9(7)17-16-6(2)18/h4-5H,3H2,1-2H3,(H,15,17)(H,16,18). The maximum absolute atomic E-state index is 12.6. The van der Waals surface area contributed by atoms with Crippen molar-refractivity contribution in [3.8, 4) is 0 Å². The van der Waals surface area contributed by atoms with Crippen LogP contribution in [0.4, 0.5) is 19.0 Å². The molecule has 20 heavy (non-hydrogen) atoms. The highest BCUT2D eigenvalue weighted by Gasteiger charge is 2.33. The van der Waals surface area contributed by atoms with Crippen LogP contribution in [0.5, 0.6) is 0 Å². The predicted molar refractivity (Wildman–Crippen MR) is 62.6 cm³/mol. The Morgan fingerprint density at radius 1 is 1.35 bits per heavy atom. The second-order valence-corrected chi connectivity index (χ2v) is 3.62. The molecule has 110 valence electrons. The van der Waals surface area contributed by atoms with Crippen molar-refractivity contribution in [2.24, 2.45) is 0 Å². The van der Waals surface area contributed by atoms with Gasteiger partial charge in [-0.05, 0) is 19.1 Å². The van der Waals surface area contributed by atoms with E-state index in [4.69, 9.17) is 0 Å². The molecule has 0 aromatic carbocycles. The molecule has 0 atom stereocenters. The second kappa shape index (κ2) is 6.22. The molecule has 0 radical (unpaired) electrons. The van der Waals surface area contributed by atoms with Crippen molar-refractivity contribution >= 4 is 17.7 Å². The number of carbonyl (C=O) groups excluding carboxylic acids is 2. The van der Waals surface area contributed by atoms with E-state index in [1.54, 1.807) is 6.92 Å². The van der Waals surface area contributed by atoms with Gasteiger partial charge in [0, 0.05) is 6.92 Å². The zero-order valence-corrected chi connectivity index (χ0v) is 10.7. The molecule has 0 fully saturated rings. The number of alkyl halides is 3. The summed E-state index contributed by atoms with van der Waals surface area (Å²) in [4.78, 5) is 25.6. The molecule has 0 spiro atoms. The number of hydrogen-bond acceptors (Lipinski definition) is 5. The van der Waals surface area contributed by atoms with Crippen molar-refractivity contribution in [1.82, 2.24) is 10.4 Å². The lowest BCUT2D eigenvalue weighted by Crippen LogP contribution is -2.29. The highest BCUT2D eigenvalue weighted by atomic mass is 19.4. The van der Waals surface area contributed by atoms with Crippen LogP contribution in [0.25, 0.3) is 0 Å². The summed E-state index contributed by atoms with van der Waals surface area (Å²) in [5.74, 6) is -1.84. The Bertz CT molecular complexity index is 517. The van der Waals surface area contributed by atoms with Gasteiger partial charge in [0.25, 0.3) is 0 Å². The molecule has 1 aromatic rings. The monoisotopic (exact) mass is 291 g/mol. The molecule has 0 aliphatic carbocycles. The first-order chi connectivity index (χ1) is 9.25. The maximum Gasteiger partial charge on any atom is 0.433 e. The number of nitrogens with one attached hydrogen (secondary N) is 2. The Morgan fingerprint density at radius 2 is 2.00 bits per heavy atom. The largest absolute Gasteiger partial charge is 0.462 e. The van der Waals surface area contributed by atoms with Crippen LogP contribution in [0.2, 0.25) is 0 Å². The number of halogens is 3. The SMILES string of the molecule is CCOC(=O)c1ccc(C(F)(F)F)nc1NNC(C)=O. The fourth-order valence-electron chi connectivity index (χ4n) is 1.23. The molecule has 1 rings (SSSR count). The number of rotatable bonds is 4. The number of ether oxygens (including phenoxy) is 1. The summed E-state index contributed by atoms with van der Waals surface area (Å²) >= 11 is 0. The van der Waals surface area contributed by atoms with Gasteiger partial charge >= 0.3 is 12.1 Å². The third kappa shape index (κ3) is 4.11. The van der Waals surface area contributed by atoms with Crippen LogP contribution in [0.1, 0.15) is 29.9 Å². The van der Waals surface area contributed by atoms with Crippen LogP contribution in [-0.2, 0) is 15.7 Å². The van der Waals surface area contributed by atoms with E-state index < -0.39 is 29.6 Å². The third-order valence-corrected chi connectivity index (χ3v) is 2.04. The Kier molecular flexibility index (Phi) is 4.89. The molecule has 0 bridgehead atoms. The van der Waals surface area contributed by atoms with Crippen molar-refractivity contribution in [2.75, 3.05) is 12.0 Å². The number of carbonyl (C=O) groups is 2. The van der Waals surface area contributed by atoms with Crippen LogP contribution in [-0.4, -0.2) is 23.5 Å². The van der Waals surface area contributed by atoms with E-state index in [1.807, 2.05) is 0 Å². The number of aromatic nitrogens is 1. The topological polar surface area (TPSA) is 80.3 Å². The summed E-state index contributed by atoms with van der Waals surface area (Å²) in [6.45, 7) is 2.75. The van der Waals surface area contributed by atoms with Gasteiger partial charge in [-0.2, -0.15) is 13.2 Å². The molecular weight excluding hydrogens is 279 g/mol. The minimum absolute atomic E-state index is 0.0550. The maximum atomic E-state index is 12.6. The van der Waals surface area contributed by atoms with Crippen LogP contribution >= 0.6 is 0 Å². The van der Waals surface area contributed by atoms with E-state index in [9.17, 15) is 22.8 Å². The van der Waals surface area contributed by atoms with Crippen molar-refractivity contribution in [3.63, 3.8) is 0 Å². The number of esters is 1. The van der Waals surface area contributed by atoms with Gasteiger partial charge in [0.1, 0.15) is 11.3 Å². The Labute approximate surface area is 112 Å². The molecule has 1 heterocycles. The molecule has 0 saturated heterocycles. The average Bonchev–Trinajstić information content (AvgIpc) is 2.35. The fourth-order valence-corrected chi connectivity index (χ4v) is 1.23. The molecule has 0 aliphatic rings. The van der Waals surface area contributed by atoms with Crippen LogP contribution in [0.15, 0.2) is 12.1 Å². The van der Waals surface area contributed by atoms with Gasteiger partial charge < -0.3 is 4.74 Å². The van der Waals surface area contributed by atoms with Gasteiger partial charge in [-0.3, -0.25) is 15.6 Å². The Morgan fingerprint density at radius 3 is 2.50 bits per heavy atom. The lowest BCUT2D eigenvalue weighted by Gasteiger charge is -2.13. The van der Waals surface area contributed by atoms with Gasteiger partial charge in [0.2, 0.25) is 5.91 Å². The number of pyridine rings is 1. The van der Waals surface area contributed by atoms with Crippen molar-refractivity contribution in [2.45, 2.75) is 20.0 Å². The first-order valence-corrected chi connectivity index (χ1v) is 5.53. The Hall–Kier alpha value is -2.32. The smallest absolute Gasteiger partial charge is 0.433 e. The summed E-state index contributed by atoms with van der Waals surface area (Å²) < 4.78 is 42.3. The van der Waals surface area contributed by atoms with Crippen molar-refractivity contribution in [1.29, 1.82) is 0 Å². The highest BCUT2D eigenvalue weighted by Crippen LogP contribution is 2.29. The van der Waals surface area contributed by atoms with Gasteiger partial charge in [0.15, 0.2) is 5.82 Å². The van der Waals surface area contributed by atoms with Gasteiger partial charge in [0.05, 0.1) is 6.61 Å². The van der Waals surface area contributed by atoms with Crippen LogP contribution in [0.3, 0.4) is 0 Å². The molecule has 0 unspecified atom stereocenters. The van der Waals surface area contributed by atoms with E-state index in [0.717, 1.165) is 13.0 Å². The number of nitrogens with zero attached hydrogens (tertiary/aromatic N) is 1. The summed E-state index contributed by atoms with van der Waals surface area (Å²) in [6.07, 6.45) is -4.67. The first kappa shape index (κ1) is 15.7. The molecule has 1 aromatic heterocycles. The molecule has 2 N–H and O–H groups in total. The minimum atomic E-state index is -4.67. The van der Waals surface area contributed by atoms with Crippen LogP contribution < -0.4 is 10.9 Å². The lowest BCUT2D eigenvalue weighted by atomic mass is 10.2. The summed E-state index contributed by atoms with van der Waals surface area (Å²) in [5.41, 5.74) is 2.79. The minimum Gasteiger partial charge on any atom is -0.462 e. The van der Waals surface area contributed by atoms with Crippen molar-refractivity contribution in [3.05, 3.63) is 23.4 Å². The zero-order chi connectivity index (χ0) is 15.3. The first-order valence-electron chi connectivity index (χ1n) is 5.53. The lowest BCUT2D eigenvalue weighted by molar-refractivity contribution is -0.141. The molecule has 9 heteroatoms. The second-order valence-electron chi connectivity index (χ2n) is 3.62. The van der Waals surface area contributed by atoms with Gasteiger partial charge in [-0.1, -0.05) is 0 Å². The van der Waals surface area contributed by atoms with Crippen LogP contribution in [0, 0.1) is 0 Å². The summed E-state index contributed by atoms with van der Waals surface area (Å²) in [5, 5.41) is 0. The number of hydrogen-bond donors (Lipinski definition) is 2.